The van der Waals surface area contributed by atoms with Crippen molar-refractivity contribution in [2.24, 2.45) is 0 Å². The van der Waals surface area contributed by atoms with Crippen LogP contribution in [-0.4, -0.2) is 25.8 Å². The van der Waals surface area contributed by atoms with Crippen molar-refractivity contribution < 1.29 is 4.92 Å². The average molecular weight is 352 g/mol. The van der Waals surface area contributed by atoms with Gasteiger partial charge in [-0.15, -0.1) is 11.8 Å². The molecule has 0 aliphatic rings. The fourth-order valence-electron chi connectivity index (χ4n) is 1.22. The normalized spacial score (nSPS) is 10.9. The minimum absolute atomic E-state index is 0.403. The van der Waals surface area contributed by atoms with Gasteiger partial charge in [-0.2, -0.15) is 4.52 Å². The van der Waals surface area contributed by atoms with Gasteiger partial charge < -0.3 is 0 Å². The lowest BCUT2D eigenvalue weighted by atomic mass is 10.5. The number of thioether (sulfide) groups is 1. The van der Waals surface area contributed by atoms with Gasteiger partial charge in [-0.3, -0.25) is 20.0 Å². The Hall–Kier alpha value is -1.10. The Kier molecular flexibility index (Phi) is 2.88. The van der Waals surface area contributed by atoms with Crippen molar-refractivity contribution in [3.8, 4) is 0 Å². The van der Waals surface area contributed by atoms with Crippen LogP contribution in [0.4, 0.5) is 5.69 Å². The van der Waals surface area contributed by atoms with Crippen molar-refractivity contribution in [2.45, 2.75) is 5.03 Å². The number of aromatic amines is 1. The lowest BCUT2D eigenvalue weighted by Crippen LogP contribution is -2.18. The van der Waals surface area contributed by atoms with Crippen LogP contribution < -0.4 is 5.56 Å². The Bertz CT molecular complexity index is 634. The van der Waals surface area contributed by atoms with E-state index >= 15 is 0 Å². The van der Waals surface area contributed by atoms with Gasteiger partial charge >= 0.3 is 11.2 Å². The van der Waals surface area contributed by atoms with Crippen LogP contribution >= 0.6 is 34.4 Å². The van der Waals surface area contributed by atoms with Crippen molar-refractivity contribution in [2.75, 3.05) is 6.26 Å². The zero-order chi connectivity index (χ0) is 11.9. The van der Waals surface area contributed by atoms with E-state index in [0.29, 0.717) is 5.65 Å². The van der Waals surface area contributed by atoms with Crippen LogP contribution in [0.1, 0.15) is 0 Å². The first-order chi connectivity index (χ1) is 7.56. The summed E-state index contributed by atoms with van der Waals surface area (Å²) < 4.78 is 1.86. The SMILES string of the molecule is CSc1[nH]n2c(=O)c([N+](=O)[O-])cnc2c1I. The fraction of sp³-hybridized carbons (Fsp3) is 0.143. The summed E-state index contributed by atoms with van der Waals surface area (Å²) in [6.45, 7) is 0. The van der Waals surface area contributed by atoms with E-state index < -0.39 is 16.2 Å². The maximum absolute atomic E-state index is 11.7. The van der Waals surface area contributed by atoms with E-state index in [1.165, 1.54) is 11.8 Å². The van der Waals surface area contributed by atoms with E-state index in [1.54, 1.807) is 0 Å². The van der Waals surface area contributed by atoms with Crippen LogP contribution in [0, 0.1) is 13.7 Å². The van der Waals surface area contributed by atoms with Gasteiger partial charge in [0.15, 0.2) is 5.65 Å². The van der Waals surface area contributed by atoms with Crippen LogP contribution in [0.25, 0.3) is 5.65 Å². The van der Waals surface area contributed by atoms with Crippen molar-refractivity contribution in [1.82, 2.24) is 14.6 Å². The van der Waals surface area contributed by atoms with Crippen molar-refractivity contribution in [3.63, 3.8) is 0 Å². The predicted molar refractivity (Wildman–Crippen MR) is 67.0 cm³/mol. The Labute approximate surface area is 107 Å². The van der Waals surface area contributed by atoms with Gasteiger partial charge in [-0.05, 0) is 28.8 Å². The van der Waals surface area contributed by atoms with E-state index in [-0.39, 0.29) is 0 Å². The summed E-state index contributed by atoms with van der Waals surface area (Å²) in [5.74, 6) is 0. The highest BCUT2D eigenvalue weighted by molar-refractivity contribution is 14.1. The van der Waals surface area contributed by atoms with Gasteiger partial charge in [0, 0.05) is 0 Å². The van der Waals surface area contributed by atoms with E-state index in [0.717, 1.165) is 19.3 Å². The number of H-pyrrole nitrogens is 1. The Balaban J connectivity index is 2.86. The van der Waals surface area contributed by atoms with Gasteiger partial charge in [0.1, 0.15) is 11.2 Å². The first-order valence-corrected chi connectivity index (χ1v) is 6.34. The van der Waals surface area contributed by atoms with Gasteiger partial charge in [0.2, 0.25) is 0 Å². The molecule has 84 valence electrons. The molecule has 7 nitrogen and oxygen atoms in total. The molecular formula is C7H5IN4O3S. The zero-order valence-corrected chi connectivity index (χ0v) is 10.9. The number of aromatic nitrogens is 3. The molecule has 16 heavy (non-hydrogen) atoms. The molecule has 0 atom stereocenters. The average Bonchev–Trinajstić information content (AvgIpc) is 2.57. The van der Waals surface area contributed by atoms with Crippen LogP contribution in [0.15, 0.2) is 16.0 Å². The highest BCUT2D eigenvalue weighted by Crippen LogP contribution is 2.23. The van der Waals surface area contributed by atoms with Crippen LogP contribution in [-0.2, 0) is 0 Å². The summed E-state index contributed by atoms with van der Waals surface area (Å²) in [4.78, 5) is 25.4. The standard InChI is InChI=1S/C7H5IN4O3S/c1-16-6-4(8)5-9-2-3(12(14)15)7(13)11(5)10-6/h2,10H,1H3. The third kappa shape index (κ3) is 1.59. The molecule has 0 radical (unpaired) electrons. The minimum Gasteiger partial charge on any atom is -0.282 e. The van der Waals surface area contributed by atoms with Crippen molar-refractivity contribution in [1.29, 1.82) is 0 Å². The summed E-state index contributed by atoms with van der Waals surface area (Å²) in [5, 5.41) is 14.1. The second-order valence-electron chi connectivity index (χ2n) is 2.82. The van der Waals surface area contributed by atoms with Gasteiger partial charge in [0.05, 0.1) is 8.49 Å². The van der Waals surface area contributed by atoms with Gasteiger partial charge in [0.25, 0.3) is 0 Å². The number of hydrogen-bond donors (Lipinski definition) is 1. The molecule has 0 unspecified atom stereocenters. The monoisotopic (exact) mass is 352 g/mol. The molecular weight excluding hydrogens is 347 g/mol. The van der Waals surface area contributed by atoms with Crippen LogP contribution in [0.5, 0.6) is 0 Å². The lowest BCUT2D eigenvalue weighted by molar-refractivity contribution is -0.386. The summed E-state index contributed by atoms with van der Waals surface area (Å²) in [6, 6.07) is 0. The molecule has 0 aliphatic carbocycles. The first-order valence-electron chi connectivity index (χ1n) is 4.04. The molecule has 2 heterocycles. The predicted octanol–water partition coefficient (Wildman–Crippen LogP) is 1.26. The van der Waals surface area contributed by atoms with Crippen molar-refractivity contribution >= 4 is 45.7 Å². The van der Waals surface area contributed by atoms with Crippen molar-refractivity contribution in [3.05, 3.63) is 30.2 Å². The quantitative estimate of drug-likeness (QED) is 0.380. The van der Waals surface area contributed by atoms with Gasteiger partial charge in [-0.1, -0.05) is 0 Å². The fourth-order valence-corrected chi connectivity index (χ4v) is 2.83. The number of rotatable bonds is 2. The molecule has 0 saturated carbocycles. The number of nitro groups is 1. The van der Waals surface area contributed by atoms with E-state index in [4.69, 9.17) is 0 Å². The molecule has 9 heteroatoms. The highest BCUT2D eigenvalue weighted by Gasteiger charge is 2.19. The number of halogens is 1. The minimum atomic E-state index is -0.742. The summed E-state index contributed by atoms with van der Waals surface area (Å²) in [7, 11) is 0. The van der Waals surface area contributed by atoms with Crippen LogP contribution in [0.3, 0.4) is 0 Å². The second-order valence-corrected chi connectivity index (χ2v) is 4.72. The maximum atomic E-state index is 11.7. The first kappa shape index (κ1) is 11.4. The Morgan fingerprint density at radius 1 is 1.69 bits per heavy atom. The molecule has 2 rings (SSSR count). The Morgan fingerprint density at radius 2 is 2.38 bits per heavy atom. The highest BCUT2D eigenvalue weighted by atomic mass is 127. The molecule has 0 spiro atoms. The van der Waals surface area contributed by atoms with Gasteiger partial charge in [-0.25, -0.2) is 4.98 Å². The van der Waals surface area contributed by atoms with E-state index in [1.807, 2.05) is 28.8 Å². The molecule has 0 aromatic carbocycles. The van der Waals surface area contributed by atoms with E-state index in [2.05, 4.69) is 10.1 Å². The number of nitrogens with zero attached hydrogens (tertiary/aromatic N) is 3. The maximum Gasteiger partial charge on any atom is 0.354 e. The molecule has 1 N–H and O–H groups in total. The molecule has 0 fully saturated rings. The van der Waals surface area contributed by atoms with E-state index in [9.17, 15) is 14.9 Å². The third-order valence-corrected chi connectivity index (χ3v) is 4.04. The molecule has 0 saturated heterocycles. The Morgan fingerprint density at radius 3 is 2.94 bits per heavy atom. The third-order valence-electron chi connectivity index (χ3n) is 1.95. The smallest absolute Gasteiger partial charge is 0.282 e. The molecule has 0 bridgehead atoms. The number of fused-ring (bicyclic) bond motifs is 1. The summed E-state index contributed by atoms with van der Waals surface area (Å²) >= 11 is 3.45. The molecule has 0 aliphatic heterocycles. The summed E-state index contributed by atoms with van der Waals surface area (Å²) in [6.07, 6.45) is 2.82. The number of nitrogens with one attached hydrogen (secondary N) is 1. The summed E-state index contributed by atoms with van der Waals surface area (Å²) in [5.41, 5.74) is -0.837. The zero-order valence-electron chi connectivity index (χ0n) is 7.93. The molecule has 2 aromatic rings. The van der Waals surface area contributed by atoms with Crippen LogP contribution in [0.2, 0.25) is 0 Å². The largest absolute Gasteiger partial charge is 0.354 e. The topological polar surface area (TPSA) is 93.3 Å². The molecule has 2 aromatic heterocycles. The second kappa shape index (κ2) is 4.05. The molecule has 0 amide bonds. The lowest BCUT2D eigenvalue weighted by Gasteiger charge is -1.92. The number of hydrogen-bond acceptors (Lipinski definition) is 5.